The zero-order chi connectivity index (χ0) is 38.8. The Bertz CT molecular complexity index is 2390. The van der Waals surface area contributed by atoms with E-state index in [0.717, 1.165) is 11.4 Å². The van der Waals surface area contributed by atoms with E-state index in [1.54, 1.807) is 0 Å². The maximum atomic E-state index is 2.43. The molecule has 0 amide bonds. The van der Waals surface area contributed by atoms with E-state index in [1.165, 1.54) is 89.5 Å². The highest BCUT2D eigenvalue weighted by molar-refractivity contribution is 5.87. The molecule has 2 heteroatoms. The summed E-state index contributed by atoms with van der Waals surface area (Å²) in [6.07, 6.45) is 0. The second-order valence-corrected chi connectivity index (χ2v) is 15.0. The number of hydrogen-bond acceptors (Lipinski definition) is 2. The number of nitrogens with zero attached hydrogens (tertiary/aromatic N) is 2. The molecule has 0 aliphatic rings. The number of para-hydroxylation sites is 2. The van der Waals surface area contributed by atoms with Crippen molar-refractivity contribution in [2.24, 2.45) is 0 Å². The molecule has 0 atom stereocenters. The SMILES string of the molecule is Cc1ccccc1N(c1ccc(-c2ccccc2)cc1)c1c(C)cc(-c2cc(C)c(N(c3ccc(-c4ccccc4)cc3)c3ccccc3C)c(C)c2)cc1C. The first-order valence-electron chi connectivity index (χ1n) is 19.5. The molecule has 0 heterocycles. The minimum Gasteiger partial charge on any atom is -0.310 e. The standard InChI is InChI=1S/C54H48N2/c1-37-17-13-15-23-51(37)55(49-29-25-45(26-30-49)43-19-9-7-10-20-43)53-39(3)33-47(34-40(53)4)48-35-41(5)54(42(6)36-48)56(52-24-16-14-18-38(52)2)50-31-27-46(28-32-50)44-21-11-8-12-22-44/h7-36H,1-6H3. The van der Waals surface area contributed by atoms with E-state index in [4.69, 9.17) is 0 Å². The molecule has 0 bridgehead atoms. The molecule has 0 radical (unpaired) electrons. The molecule has 0 aliphatic heterocycles. The van der Waals surface area contributed by atoms with Crippen molar-refractivity contribution >= 4 is 34.1 Å². The average molecular weight is 725 g/mol. The first-order chi connectivity index (χ1) is 27.3. The number of rotatable bonds is 9. The van der Waals surface area contributed by atoms with Gasteiger partial charge in [0.25, 0.3) is 0 Å². The van der Waals surface area contributed by atoms with Gasteiger partial charge in [0.2, 0.25) is 0 Å². The van der Waals surface area contributed by atoms with Crippen LogP contribution in [-0.2, 0) is 0 Å². The van der Waals surface area contributed by atoms with Gasteiger partial charge < -0.3 is 9.80 Å². The van der Waals surface area contributed by atoms with Crippen molar-refractivity contribution in [1.29, 1.82) is 0 Å². The van der Waals surface area contributed by atoms with Crippen molar-refractivity contribution in [3.63, 3.8) is 0 Å². The molecule has 0 aliphatic carbocycles. The topological polar surface area (TPSA) is 6.48 Å². The highest BCUT2D eigenvalue weighted by Crippen LogP contribution is 2.45. The Balaban J connectivity index is 1.19. The van der Waals surface area contributed by atoms with Gasteiger partial charge >= 0.3 is 0 Å². The van der Waals surface area contributed by atoms with E-state index in [2.05, 4.69) is 233 Å². The Morgan fingerprint density at radius 1 is 0.250 bits per heavy atom. The van der Waals surface area contributed by atoms with E-state index >= 15 is 0 Å². The van der Waals surface area contributed by atoms with Gasteiger partial charge in [0, 0.05) is 22.7 Å². The van der Waals surface area contributed by atoms with Crippen molar-refractivity contribution in [3.8, 4) is 33.4 Å². The zero-order valence-electron chi connectivity index (χ0n) is 33.2. The lowest BCUT2D eigenvalue weighted by Crippen LogP contribution is -2.14. The van der Waals surface area contributed by atoms with Gasteiger partial charge in [-0.3, -0.25) is 0 Å². The fourth-order valence-corrected chi connectivity index (χ4v) is 8.22. The highest BCUT2D eigenvalue weighted by Gasteiger charge is 2.22. The van der Waals surface area contributed by atoms with E-state index in [9.17, 15) is 0 Å². The molecule has 0 unspecified atom stereocenters. The van der Waals surface area contributed by atoms with Gasteiger partial charge in [-0.15, -0.1) is 0 Å². The smallest absolute Gasteiger partial charge is 0.0520 e. The maximum Gasteiger partial charge on any atom is 0.0520 e. The molecule has 8 aromatic carbocycles. The summed E-state index contributed by atoms with van der Waals surface area (Å²) < 4.78 is 0. The van der Waals surface area contributed by atoms with Crippen LogP contribution in [0, 0.1) is 41.5 Å². The second-order valence-electron chi connectivity index (χ2n) is 15.0. The Morgan fingerprint density at radius 2 is 0.536 bits per heavy atom. The van der Waals surface area contributed by atoms with Crippen molar-refractivity contribution in [2.45, 2.75) is 41.5 Å². The van der Waals surface area contributed by atoms with Gasteiger partial charge in [-0.25, -0.2) is 0 Å². The quantitative estimate of drug-likeness (QED) is 0.146. The molecule has 0 aromatic heterocycles. The summed E-state index contributed by atoms with van der Waals surface area (Å²) in [6.45, 7) is 13.4. The molecule has 8 aromatic rings. The first-order valence-corrected chi connectivity index (χ1v) is 19.5. The Hall–Kier alpha value is -6.64. The van der Waals surface area contributed by atoms with Crippen LogP contribution in [0.25, 0.3) is 33.4 Å². The number of anilines is 6. The average Bonchev–Trinajstić information content (AvgIpc) is 3.22. The van der Waals surface area contributed by atoms with Crippen molar-refractivity contribution in [2.75, 3.05) is 9.80 Å². The van der Waals surface area contributed by atoms with E-state index < -0.39 is 0 Å². The number of benzene rings is 8. The maximum absolute atomic E-state index is 2.43. The Morgan fingerprint density at radius 3 is 0.857 bits per heavy atom. The highest BCUT2D eigenvalue weighted by atomic mass is 15.2. The lowest BCUT2D eigenvalue weighted by atomic mass is 9.93. The van der Waals surface area contributed by atoms with Crippen LogP contribution in [0.5, 0.6) is 0 Å². The summed E-state index contributed by atoms with van der Waals surface area (Å²) in [5.74, 6) is 0. The molecule has 274 valence electrons. The molecule has 0 fully saturated rings. The third kappa shape index (κ3) is 7.14. The summed E-state index contributed by atoms with van der Waals surface area (Å²) >= 11 is 0. The van der Waals surface area contributed by atoms with E-state index in [1.807, 2.05) is 0 Å². The summed E-state index contributed by atoms with van der Waals surface area (Å²) in [4.78, 5) is 4.86. The van der Waals surface area contributed by atoms with Gasteiger partial charge in [-0.1, -0.05) is 121 Å². The molecule has 0 N–H and O–H groups in total. The molecule has 2 nitrogen and oxygen atoms in total. The summed E-state index contributed by atoms with van der Waals surface area (Å²) in [5.41, 5.74) is 21.8. The van der Waals surface area contributed by atoms with Crippen molar-refractivity contribution in [1.82, 2.24) is 0 Å². The van der Waals surface area contributed by atoms with Crippen molar-refractivity contribution < 1.29 is 0 Å². The number of hydrogen-bond donors (Lipinski definition) is 0. The van der Waals surface area contributed by atoms with Crippen LogP contribution in [0.2, 0.25) is 0 Å². The molecule has 0 saturated heterocycles. The van der Waals surface area contributed by atoms with Gasteiger partial charge in [-0.05, 0) is 169 Å². The lowest BCUT2D eigenvalue weighted by Gasteiger charge is -2.31. The molecular formula is C54H48N2. The van der Waals surface area contributed by atoms with Crippen LogP contribution >= 0.6 is 0 Å². The van der Waals surface area contributed by atoms with Crippen molar-refractivity contribution in [3.05, 3.63) is 215 Å². The summed E-state index contributed by atoms with van der Waals surface area (Å²) in [5, 5.41) is 0. The van der Waals surface area contributed by atoms with Gasteiger partial charge in [0.1, 0.15) is 0 Å². The monoisotopic (exact) mass is 724 g/mol. The minimum absolute atomic E-state index is 1.14. The minimum atomic E-state index is 1.14. The summed E-state index contributed by atoms with van der Waals surface area (Å²) in [6, 6.07) is 66.0. The Kier molecular flexibility index (Phi) is 10.1. The van der Waals surface area contributed by atoms with Crippen LogP contribution < -0.4 is 9.80 Å². The van der Waals surface area contributed by atoms with Crippen LogP contribution in [0.4, 0.5) is 34.1 Å². The Labute approximate surface area is 333 Å². The second kappa shape index (κ2) is 15.6. The lowest BCUT2D eigenvalue weighted by molar-refractivity contribution is 1.19. The fourth-order valence-electron chi connectivity index (χ4n) is 8.22. The zero-order valence-corrected chi connectivity index (χ0v) is 33.2. The molecule has 8 rings (SSSR count). The van der Waals surface area contributed by atoms with Gasteiger partial charge in [-0.2, -0.15) is 0 Å². The van der Waals surface area contributed by atoms with Crippen LogP contribution in [-0.4, -0.2) is 0 Å². The summed E-state index contributed by atoms with van der Waals surface area (Å²) in [7, 11) is 0. The van der Waals surface area contributed by atoms with Crippen LogP contribution in [0.1, 0.15) is 33.4 Å². The van der Waals surface area contributed by atoms with Gasteiger partial charge in [0.15, 0.2) is 0 Å². The third-order valence-corrected chi connectivity index (χ3v) is 10.9. The normalized spacial score (nSPS) is 11.0. The number of aryl methyl sites for hydroxylation is 6. The molecule has 0 spiro atoms. The third-order valence-electron chi connectivity index (χ3n) is 10.9. The fraction of sp³-hybridized carbons (Fsp3) is 0.111. The van der Waals surface area contributed by atoms with E-state index in [0.29, 0.717) is 0 Å². The molecule has 0 saturated carbocycles. The predicted molar refractivity (Wildman–Crippen MR) is 241 cm³/mol. The molecular weight excluding hydrogens is 677 g/mol. The van der Waals surface area contributed by atoms with Crippen LogP contribution in [0.3, 0.4) is 0 Å². The molecule has 56 heavy (non-hydrogen) atoms. The van der Waals surface area contributed by atoms with Gasteiger partial charge in [0.05, 0.1) is 11.4 Å². The van der Waals surface area contributed by atoms with E-state index in [-0.39, 0.29) is 0 Å². The largest absolute Gasteiger partial charge is 0.310 e. The predicted octanol–water partition coefficient (Wildman–Crippen LogP) is 15.5. The first kappa shape index (κ1) is 36.3. The van der Waals surface area contributed by atoms with Crippen LogP contribution in [0.15, 0.2) is 182 Å².